The van der Waals surface area contributed by atoms with Crippen LogP contribution in [0.5, 0.6) is 0 Å². The number of anilines is 1. The molecule has 1 aromatic carbocycles. The van der Waals surface area contributed by atoms with Crippen LogP contribution in [0.15, 0.2) is 59.4 Å². The topological polar surface area (TPSA) is 72.4 Å². The van der Waals surface area contributed by atoms with Crippen molar-refractivity contribution in [2.75, 3.05) is 5.32 Å². The molecule has 4 aromatic rings. The zero-order valence-electron chi connectivity index (χ0n) is 13.2. The third-order valence-electron chi connectivity index (χ3n) is 3.68. The van der Waals surface area contributed by atoms with E-state index >= 15 is 0 Å². The minimum Gasteiger partial charge on any atom is -0.355 e. The summed E-state index contributed by atoms with van der Waals surface area (Å²) < 4.78 is 7.11. The maximum absolute atomic E-state index is 12.4. The lowest BCUT2D eigenvalue weighted by atomic mass is 10.1. The molecule has 3 heterocycles. The number of aromatic nitrogens is 3. The van der Waals surface area contributed by atoms with Crippen molar-refractivity contribution in [2.24, 2.45) is 0 Å². The maximum Gasteiger partial charge on any atom is 0.277 e. The minimum absolute atomic E-state index is 0.192. The Hall–Kier alpha value is -3.12. The number of fused-ring (bicyclic) bond motifs is 1. The van der Waals surface area contributed by atoms with E-state index in [0.29, 0.717) is 16.5 Å². The van der Waals surface area contributed by atoms with Crippen molar-refractivity contribution in [1.82, 2.24) is 14.5 Å². The molecule has 0 bridgehead atoms. The van der Waals surface area contributed by atoms with Crippen LogP contribution in [-0.2, 0) is 0 Å². The fraction of sp³-hybridized carbons (Fsp3) is 0.0556. The summed E-state index contributed by atoms with van der Waals surface area (Å²) in [7, 11) is 0. The van der Waals surface area contributed by atoms with Gasteiger partial charge in [0, 0.05) is 29.0 Å². The van der Waals surface area contributed by atoms with Crippen LogP contribution < -0.4 is 5.32 Å². The van der Waals surface area contributed by atoms with Crippen molar-refractivity contribution in [3.63, 3.8) is 0 Å². The molecule has 0 fully saturated rings. The predicted octanol–water partition coefficient (Wildman–Crippen LogP) is 4.20. The Kier molecular flexibility index (Phi) is 3.74. The van der Waals surface area contributed by atoms with Crippen LogP contribution >= 0.6 is 11.6 Å². The van der Waals surface area contributed by atoms with Gasteiger partial charge in [-0.25, -0.2) is 4.98 Å². The third-order valence-corrected chi connectivity index (χ3v) is 3.92. The fourth-order valence-corrected chi connectivity index (χ4v) is 2.74. The molecule has 0 spiro atoms. The molecule has 0 aliphatic heterocycles. The smallest absolute Gasteiger partial charge is 0.277 e. The van der Waals surface area contributed by atoms with Crippen molar-refractivity contribution in [2.45, 2.75) is 6.92 Å². The second-order valence-electron chi connectivity index (χ2n) is 5.61. The van der Waals surface area contributed by atoms with Gasteiger partial charge >= 0.3 is 0 Å². The van der Waals surface area contributed by atoms with Crippen LogP contribution in [0.2, 0.25) is 5.02 Å². The third kappa shape index (κ3) is 3.12. The number of nitrogens with zero attached hydrogens (tertiary/aromatic N) is 3. The standard InChI is InChI=1S/C18H13ClN4O2/c1-11-9-23-10-14(5-6-17(23)20-11)21-18(24)15-8-16(25-22-15)12-3-2-4-13(19)7-12/h2-10H,1H3,(H,21,24). The zero-order chi connectivity index (χ0) is 17.4. The highest BCUT2D eigenvalue weighted by atomic mass is 35.5. The van der Waals surface area contributed by atoms with Crippen LogP contribution in [0.4, 0.5) is 5.69 Å². The highest BCUT2D eigenvalue weighted by Crippen LogP contribution is 2.23. The summed E-state index contributed by atoms with van der Waals surface area (Å²) in [5.74, 6) is 0.126. The van der Waals surface area contributed by atoms with E-state index in [0.717, 1.165) is 16.9 Å². The summed E-state index contributed by atoms with van der Waals surface area (Å²) in [5.41, 5.74) is 3.32. The van der Waals surface area contributed by atoms with E-state index in [9.17, 15) is 4.79 Å². The van der Waals surface area contributed by atoms with Gasteiger partial charge in [0.2, 0.25) is 0 Å². The summed E-state index contributed by atoms with van der Waals surface area (Å²) in [6.45, 7) is 1.91. The van der Waals surface area contributed by atoms with Crippen LogP contribution in [0, 0.1) is 6.92 Å². The van der Waals surface area contributed by atoms with E-state index in [1.54, 1.807) is 30.5 Å². The predicted molar refractivity (Wildman–Crippen MR) is 94.8 cm³/mol. The molecule has 0 radical (unpaired) electrons. The van der Waals surface area contributed by atoms with Gasteiger partial charge < -0.3 is 14.2 Å². The first-order valence-electron chi connectivity index (χ1n) is 7.58. The lowest BCUT2D eigenvalue weighted by molar-refractivity contribution is 0.101. The number of hydrogen-bond donors (Lipinski definition) is 1. The number of carbonyl (C=O) groups is 1. The van der Waals surface area contributed by atoms with E-state index < -0.39 is 0 Å². The average molecular weight is 353 g/mol. The number of halogens is 1. The van der Waals surface area contributed by atoms with E-state index in [1.807, 2.05) is 35.7 Å². The van der Waals surface area contributed by atoms with Crippen molar-refractivity contribution < 1.29 is 9.32 Å². The number of carbonyl (C=O) groups excluding carboxylic acids is 1. The number of pyridine rings is 1. The van der Waals surface area contributed by atoms with Gasteiger partial charge in [-0.15, -0.1) is 0 Å². The number of imidazole rings is 1. The number of benzene rings is 1. The molecule has 25 heavy (non-hydrogen) atoms. The quantitative estimate of drug-likeness (QED) is 0.599. The van der Waals surface area contributed by atoms with Gasteiger partial charge in [-0.1, -0.05) is 28.9 Å². The van der Waals surface area contributed by atoms with E-state index in [2.05, 4.69) is 15.5 Å². The number of hydrogen-bond acceptors (Lipinski definition) is 4. The molecule has 4 rings (SSSR count). The summed E-state index contributed by atoms with van der Waals surface area (Å²) in [5, 5.41) is 7.22. The molecule has 1 amide bonds. The van der Waals surface area contributed by atoms with Crippen LogP contribution in [0.3, 0.4) is 0 Å². The van der Waals surface area contributed by atoms with Gasteiger partial charge in [0.05, 0.1) is 11.4 Å². The van der Waals surface area contributed by atoms with Crippen molar-refractivity contribution in [3.8, 4) is 11.3 Å². The molecular formula is C18H13ClN4O2. The number of aryl methyl sites for hydroxylation is 1. The second-order valence-corrected chi connectivity index (χ2v) is 6.04. The first-order valence-corrected chi connectivity index (χ1v) is 7.96. The Labute approximate surface area is 148 Å². The molecule has 0 unspecified atom stereocenters. The molecule has 3 aromatic heterocycles. The van der Waals surface area contributed by atoms with E-state index in [4.69, 9.17) is 16.1 Å². The molecule has 6 nitrogen and oxygen atoms in total. The van der Waals surface area contributed by atoms with Crippen LogP contribution in [0.1, 0.15) is 16.2 Å². The molecule has 0 saturated carbocycles. The molecule has 7 heteroatoms. The fourth-order valence-electron chi connectivity index (χ4n) is 2.55. The summed E-state index contributed by atoms with van der Waals surface area (Å²) in [4.78, 5) is 16.7. The van der Waals surface area contributed by atoms with Gasteiger partial charge in [0.1, 0.15) is 5.65 Å². The molecule has 1 N–H and O–H groups in total. The number of amides is 1. The van der Waals surface area contributed by atoms with Gasteiger partial charge in [-0.05, 0) is 31.2 Å². The van der Waals surface area contributed by atoms with Gasteiger partial charge in [0.15, 0.2) is 11.5 Å². The molecule has 0 aliphatic carbocycles. The molecule has 0 atom stereocenters. The summed E-state index contributed by atoms with van der Waals surface area (Å²) in [6.07, 6.45) is 3.68. The molecular weight excluding hydrogens is 340 g/mol. The van der Waals surface area contributed by atoms with E-state index in [1.165, 1.54) is 0 Å². The lowest BCUT2D eigenvalue weighted by Gasteiger charge is -2.03. The largest absolute Gasteiger partial charge is 0.355 e. The highest BCUT2D eigenvalue weighted by Gasteiger charge is 2.14. The van der Waals surface area contributed by atoms with Gasteiger partial charge in [-0.3, -0.25) is 4.79 Å². The highest BCUT2D eigenvalue weighted by molar-refractivity contribution is 6.30. The van der Waals surface area contributed by atoms with Crippen LogP contribution in [0.25, 0.3) is 17.0 Å². The van der Waals surface area contributed by atoms with Gasteiger partial charge in [-0.2, -0.15) is 0 Å². The minimum atomic E-state index is -0.354. The Balaban J connectivity index is 1.56. The SMILES string of the molecule is Cc1cn2cc(NC(=O)c3cc(-c4cccc(Cl)c4)on3)ccc2n1. The normalized spacial score (nSPS) is 11.0. The number of nitrogens with one attached hydrogen (secondary N) is 1. The Bertz CT molecular complexity index is 1080. The van der Waals surface area contributed by atoms with Crippen molar-refractivity contribution in [3.05, 3.63) is 71.3 Å². The zero-order valence-corrected chi connectivity index (χ0v) is 14.0. The molecule has 0 aliphatic rings. The van der Waals surface area contributed by atoms with Crippen molar-refractivity contribution >= 4 is 28.8 Å². The monoisotopic (exact) mass is 352 g/mol. The van der Waals surface area contributed by atoms with E-state index in [-0.39, 0.29) is 11.6 Å². The summed E-state index contributed by atoms with van der Waals surface area (Å²) >= 11 is 5.97. The second kappa shape index (κ2) is 6.07. The Morgan fingerprint density at radius 1 is 1.20 bits per heavy atom. The Morgan fingerprint density at radius 3 is 2.92 bits per heavy atom. The molecule has 0 saturated heterocycles. The maximum atomic E-state index is 12.4. The van der Waals surface area contributed by atoms with Crippen molar-refractivity contribution in [1.29, 1.82) is 0 Å². The first kappa shape index (κ1) is 15.4. The van der Waals surface area contributed by atoms with Gasteiger partial charge in [0.25, 0.3) is 5.91 Å². The average Bonchev–Trinajstić information content (AvgIpc) is 3.20. The van der Waals surface area contributed by atoms with Crippen LogP contribution in [-0.4, -0.2) is 20.4 Å². The lowest BCUT2D eigenvalue weighted by Crippen LogP contribution is -2.12. The Morgan fingerprint density at radius 2 is 2.08 bits per heavy atom. The first-order chi connectivity index (χ1) is 12.1. The number of rotatable bonds is 3. The molecule has 124 valence electrons. The summed E-state index contributed by atoms with van der Waals surface area (Å²) in [6, 6.07) is 12.4.